The van der Waals surface area contributed by atoms with Crippen LogP contribution in [0, 0.1) is 6.92 Å². The molecule has 0 atom stereocenters. The number of carbonyl (C=O) groups is 2. The summed E-state index contributed by atoms with van der Waals surface area (Å²) < 4.78 is 26.7. The fourth-order valence-electron chi connectivity index (χ4n) is 4.29. The summed E-state index contributed by atoms with van der Waals surface area (Å²) in [6.45, 7) is 2.70. The van der Waals surface area contributed by atoms with Gasteiger partial charge in [-0.05, 0) is 80.0 Å². The van der Waals surface area contributed by atoms with Gasteiger partial charge in [0.1, 0.15) is 0 Å². The average molecular weight is 480 g/mol. The number of hydrogen-bond acceptors (Lipinski definition) is 4. The Bertz CT molecular complexity index is 1260. The highest BCUT2D eigenvalue weighted by Crippen LogP contribution is 2.28. The van der Waals surface area contributed by atoms with Gasteiger partial charge in [-0.15, -0.1) is 0 Å². The summed E-state index contributed by atoms with van der Waals surface area (Å²) in [5, 5.41) is 2.60. The van der Waals surface area contributed by atoms with Crippen molar-refractivity contribution in [2.45, 2.75) is 45.6 Å². The zero-order chi connectivity index (χ0) is 24.1. The van der Waals surface area contributed by atoms with Crippen LogP contribution in [0.3, 0.4) is 0 Å². The topological polar surface area (TPSA) is 95.6 Å². The van der Waals surface area contributed by atoms with Gasteiger partial charge in [0.05, 0.1) is 4.91 Å². The lowest BCUT2D eigenvalue weighted by molar-refractivity contribution is 0.0986. The number of hydrogen-bond donors (Lipinski definition) is 2. The van der Waals surface area contributed by atoms with E-state index in [1.165, 1.54) is 11.6 Å². The number of amides is 3. The molecule has 178 valence electrons. The fraction of sp³-hybridized carbons (Fsp3) is 0.308. The summed E-state index contributed by atoms with van der Waals surface area (Å²) in [5.41, 5.74) is 4.39. The molecule has 3 amide bonds. The molecule has 0 radical (unpaired) electrons. The number of aryl methyl sites for hydroxylation is 2. The standard InChI is InChI=1S/C26H29N3O4S/c1-19-17-21(25(30)29-16-8-7-10-20-9-5-6-13-24(20)29)14-15-22(19)18-27-26(31)28-34(32,33)23-11-3-2-4-12-23/h2-3,5-6,9,11,13-15,17H,4,7-8,10,12,16,18H2,1H3,(H2,27,28,31). The zero-order valence-corrected chi connectivity index (χ0v) is 20.0. The molecule has 7 nitrogen and oxygen atoms in total. The molecule has 2 aromatic rings. The Hall–Kier alpha value is -3.39. The molecule has 1 aliphatic heterocycles. The molecule has 8 heteroatoms. The van der Waals surface area contributed by atoms with E-state index in [4.69, 9.17) is 0 Å². The van der Waals surface area contributed by atoms with E-state index >= 15 is 0 Å². The monoisotopic (exact) mass is 479 g/mol. The lowest BCUT2D eigenvalue weighted by atomic mass is 10.0. The maximum absolute atomic E-state index is 13.3. The molecule has 34 heavy (non-hydrogen) atoms. The molecule has 0 saturated carbocycles. The first-order chi connectivity index (χ1) is 16.3. The number of sulfonamides is 1. The Morgan fingerprint density at radius 3 is 2.65 bits per heavy atom. The molecule has 2 aromatic carbocycles. The highest BCUT2D eigenvalue weighted by atomic mass is 32.2. The summed E-state index contributed by atoms with van der Waals surface area (Å²) >= 11 is 0. The van der Waals surface area contributed by atoms with E-state index in [0.717, 1.165) is 36.1 Å². The number of rotatable bonds is 5. The van der Waals surface area contributed by atoms with Crippen LogP contribution in [-0.4, -0.2) is 26.9 Å². The second-order valence-corrected chi connectivity index (χ2v) is 10.3. The van der Waals surface area contributed by atoms with Crippen molar-refractivity contribution in [3.8, 4) is 0 Å². The number of benzene rings is 2. The van der Waals surface area contributed by atoms with Crippen molar-refractivity contribution in [3.63, 3.8) is 0 Å². The van der Waals surface area contributed by atoms with E-state index in [9.17, 15) is 18.0 Å². The third-order valence-electron chi connectivity index (χ3n) is 6.18. The molecule has 4 rings (SSSR count). The number of anilines is 1. The van der Waals surface area contributed by atoms with Gasteiger partial charge < -0.3 is 10.2 Å². The Morgan fingerprint density at radius 1 is 1.06 bits per heavy atom. The second kappa shape index (κ2) is 10.3. The van der Waals surface area contributed by atoms with Crippen molar-refractivity contribution < 1.29 is 18.0 Å². The number of fused-ring (bicyclic) bond motifs is 1. The SMILES string of the molecule is Cc1cc(C(=O)N2CCCCc3ccccc32)ccc1CNC(=O)NS(=O)(=O)C1=CC=CCC1. The summed E-state index contributed by atoms with van der Waals surface area (Å²) in [6.07, 6.45) is 9.02. The van der Waals surface area contributed by atoms with E-state index in [2.05, 4.69) is 16.1 Å². The van der Waals surface area contributed by atoms with Gasteiger partial charge in [-0.25, -0.2) is 17.9 Å². The summed E-state index contributed by atoms with van der Waals surface area (Å²) in [7, 11) is -3.86. The van der Waals surface area contributed by atoms with Crippen LogP contribution in [0.1, 0.15) is 52.7 Å². The van der Waals surface area contributed by atoms with Gasteiger partial charge in [0.15, 0.2) is 0 Å². The molecule has 1 aliphatic carbocycles. The number of para-hydroxylation sites is 1. The molecule has 1 heterocycles. The molecule has 2 aliphatic rings. The minimum absolute atomic E-state index is 0.0457. The predicted octanol–water partition coefficient (Wildman–Crippen LogP) is 4.34. The van der Waals surface area contributed by atoms with E-state index in [0.29, 0.717) is 24.9 Å². The largest absolute Gasteiger partial charge is 0.333 e. The molecular weight excluding hydrogens is 450 g/mol. The van der Waals surface area contributed by atoms with Crippen LogP contribution in [0.4, 0.5) is 10.5 Å². The molecule has 0 saturated heterocycles. The highest BCUT2D eigenvalue weighted by Gasteiger charge is 2.23. The molecule has 2 N–H and O–H groups in total. The molecule has 0 fully saturated rings. The molecule has 0 unspecified atom stereocenters. The number of nitrogens with one attached hydrogen (secondary N) is 2. The maximum atomic E-state index is 13.3. The van der Waals surface area contributed by atoms with Crippen LogP contribution in [0.25, 0.3) is 0 Å². The first-order valence-corrected chi connectivity index (χ1v) is 13.0. The first kappa shape index (κ1) is 23.8. The summed E-state index contributed by atoms with van der Waals surface area (Å²) in [4.78, 5) is 27.6. The van der Waals surface area contributed by atoms with Crippen molar-refractivity contribution in [2.75, 3.05) is 11.4 Å². The molecule has 0 spiro atoms. The molecular formula is C26H29N3O4S. The Balaban J connectivity index is 1.41. The van der Waals surface area contributed by atoms with Gasteiger partial charge in [-0.1, -0.05) is 36.4 Å². The van der Waals surface area contributed by atoms with Crippen LogP contribution in [0.2, 0.25) is 0 Å². The smallest absolute Gasteiger partial charge is 0.328 e. The van der Waals surface area contributed by atoms with E-state index in [1.807, 2.05) is 42.2 Å². The minimum atomic E-state index is -3.86. The van der Waals surface area contributed by atoms with Crippen LogP contribution in [0.15, 0.2) is 65.6 Å². The normalized spacial score (nSPS) is 15.7. The lowest BCUT2D eigenvalue weighted by Gasteiger charge is -2.23. The van der Waals surface area contributed by atoms with Gasteiger partial charge in [0.2, 0.25) is 0 Å². The maximum Gasteiger partial charge on any atom is 0.328 e. The second-order valence-electron chi connectivity index (χ2n) is 8.57. The highest BCUT2D eigenvalue weighted by molar-refractivity contribution is 7.93. The summed E-state index contributed by atoms with van der Waals surface area (Å²) in [5.74, 6) is -0.0457. The van der Waals surface area contributed by atoms with Gasteiger partial charge >= 0.3 is 6.03 Å². The average Bonchev–Trinajstić information content (AvgIpc) is 3.06. The number of nitrogens with zero attached hydrogens (tertiary/aromatic N) is 1. The van der Waals surface area contributed by atoms with Crippen LogP contribution >= 0.6 is 0 Å². The van der Waals surface area contributed by atoms with Crippen LogP contribution in [0.5, 0.6) is 0 Å². The quantitative estimate of drug-likeness (QED) is 0.667. The predicted molar refractivity (Wildman–Crippen MR) is 133 cm³/mol. The van der Waals surface area contributed by atoms with Gasteiger partial charge in [0, 0.05) is 24.3 Å². The van der Waals surface area contributed by atoms with E-state index < -0.39 is 16.1 Å². The zero-order valence-electron chi connectivity index (χ0n) is 19.2. The van der Waals surface area contributed by atoms with Crippen LogP contribution < -0.4 is 14.9 Å². The van der Waals surface area contributed by atoms with Crippen molar-refractivity contribution in [1.82, 2.24) is 10.0 Å². The first-order valence-electron chi connectivity index (χ1n) is 11.5. The number of urea groups is 1. The van der Waals surface area contributed by atoms with Gasteiger partial charge in [-0.2, -0.15) is 0 Å². The van der Waals surface area contributed by atoms with E-state index in [1.54, 1.807) is 18.2 Å². The minimum Gasteiger partial charge on any atom is -0.333 e. The molecule has 0 bridgehead atoms. The van der Waals surface area contributed by atoms with E-state index in [-0.39, 0.29) is 17.4 Å². The third kappa shape index (κ3) is 5.39. The molecule has 0 aromatic heterocycles. The van der Waals surface area contributed by atoms with Crippen molar-refractivity contribution in [3.05, 3.63) is 87.9 Å². The van der Waals surface area contributed by atoms with Gasteiger partial charge in [0.25, 0.3) is 15.9 Å². The summed E-state index contributed by atoms with van der Waals surface area (Å²) in [6, 6.07) is 12.6. The number of allylic oxidation sites excluding steroid dienone is 4. The fourth-order valence-corrected chi connectivity index (χ4v) is 5.38. The Kier molecular flexibility index (Phi) is 7.17. The Morgan fingerprint density at radius 2 is 1.88 bits per heavy atom. The Labute approximate surface area is 200 Å². The van der Waals surface area contributed by atoms with Gasteiger partial charge in [-0.3, -0.25) is 4.79 Å². The number of carbonyl (C=O) groups excluding carboxylic acids is 2. The van der Waals surface area contributed by atoms with Crippen molar-refractivity contribution >= 4 is 27.6 Å². The lowest BCUT2D eigenvalue weighted by Crippen LogP contribution is -2.39. The third-order valence-corrected chi connectivity index (χ3v) is 7.67. The van der Waals surface area contributed by atoms with Crippen molar-refractivity contribution in [1.29, 1.82) is 0 Å². The van der Waals surface area contributed by atoms with Crippen LogP contribution in [-0.2, 0) is 23.0 Å². The van der Waals surface area contributed by atoms with Crippen molar-refractivity contribution in [2.24, 2.45) is 0 Å².